The van der Waals surface area contributed by atoms with E-state index in [1.54, 1.807) is 12.3 Å². The van der Waals surface area contributed by atoms with Gasteiger partial charge in [0.15, 0.2) is 5.13 Å². The van der Waals surface area contributed by atoms with E-state index in [4.69, 9.17) is 4.74 Å². The van der Waals surface area contributed by atoms with Gasteiger partial charge in [0.25, 0.3) is 11.8 Å². The zero-order valence-electron chi connectivity index (χ0n) is 15.1. The van der Waals surface area contributed by atoms with Crippen LogP contribution in [0.5, 0.6) is 0 Å². The molecule has 0 radical (unpaired) electrons. The third kappa shape index (κ3) is 4.37. The van der Waals surface area contributed by atoms with Gasteiger partial charge < -0.3 is 14.6 Å². The van der Waals surface area contributed by atoms with Crippen LogP contribution in [0.3, 0.4) is 0 Å². The Morgan fingerprint density at radius 1 is 1.22 bits per heavy atom. The Morgan fingerprint density at radius 2 is 2.00 bits per heavy atom. The van der Waals surface area contributed by atoms with Crippen LogP contribution in [-0.4, -0.2) is 71.0 Å². The highest BCUT2D eigenvalue weighted by atomic mass is 32.1. The van der Waals surface area contributed by atoms with Crippen molar-refractivity contribution in [2.45, 2.75) is 19.4 Å². The second kappa shape index (κ2) is 8.20. The van der Waals surface area contributed by atoms with Crippen molar-refractivity contribution in [3.05, 3.63) is 34.6 Å². The number of aromatic nitrogens is 2. The number of nitrogens with one attached hydrogen (secondary N) is 2. The molecular weight excluding hydrogens is 366 g/mol. The standard InChI is InChI=1S/C18H23N5O3S/c24-16(13-9-15(19-10-13)17(25)23-3-1-2-4-23)21-18-20-14(12-27-18)11-22-5-7-26-8-6-22/h9-10,12,19H,1-8,11H2,(H,20,21,24). The summed E-state index contributed by atoms with van der Waals surface area (Å²) in [6.07, 6.45) is 3.65. The minimum atomic E-state index is -0.265. The molecule has 0 atom stereocenters. The quantitative estimate of drug-likeness (QED) is 0.814. The Bertz CT molecular complexity index is 806. The number of carbonyl (C=O) groups is 2. The van der Waals surface area contributed by atoms with Crippen LogP contribution in [0.2, 0.25) is 0 Å². The van der Waals surface area contributed by atoms with Crippen LogP contribution in [0.15, 0.2) is 17.6 Å². The van der Waals surface area contributed by atoms with Crippen molar-refractivity contribution in [1.29, 1.82) is 0 Å². The highest BCUT2D eigenvalue weighted by Crippen LogP contribution is 2.19. The molecule has 2 aliphatic heterocycles. The molecule has 144 valence electrons. The van der Waals surface area contributed by atoms with E-state index < -0.39 is 0 Å². The van der Waals surface area contributed by atoms with Crippen LogP contribution in [0, 0.1) is 0 Å². The van der Waals surface area contributed by atoms with Gasteiger partial charge in [-0.05, 0) is 18.9 Å². The molecule has 0 aromatic carbocycles. The summed E-state index contributed by atoms with van der Waals surface area (Å²) in [7, 11) is 0. The number of ether oxygens (including phenoxy) is 1. The molecule has 2 fully saturated rings. The number of hydrogen-bond acceptors (Lipinski definition) is 6. The maximum Gasteiger partial charge on any atom is 0.270 e. The zero-order chi connectivity index (χ0) is 18.6. The van der Waals surface area contributed by atoms with Crippen molar-refractivity contribution in [3.8, 4) is 0 Å². The van der Waals surface area contributed by atoms with E-state index in [1.165, 1.54) is 11.3 Å². The number of morpholine rings is 1. The van der Waals surface area contributed by atoms with E-state index in [1.807, 2.05) is 10.3 Å². The van der Waals surface area contributed by atoms with Gasteiger partial charge in [-0.15, -0.1) is 11.3 Å². The summed E-state index contributed by atoms with van der Waals surface area (Å²) in [6.45, 7) is 5.62. The second-order valence-electron chi connectivity index (χ2n) is 6.79. The summed E-state index contributed by atoms with van der Waals surface area (Å²) in [4.78, 5) is 36.3. The van der Waals surface area contributed by atoms with Gasteiger partial charge in [-0.2, -0.15) is 0 Å². The molecule has 9 heteroatoms. The minimum Gasteiger partial charge on any atom is -0.379 e. The van der Waals surface area contributed by atoms with Gasteiger partial charge in [0.05, 0.1) is 24.5 Å². The van der Waals surface area contributed by atoms with E-state index in [9.17, 15) is 9.59 Å². The third-order valence-corrected chi connectivity index (χ3v) is 5.64. The maximum absolute atomic E-state index is 12.5. The van der Waals surface area contributed by atoms with Gasteiger partial charge in [0.2, 0.25) is 0 Å². The van der Waals surface area contributed by atoms with E-state index in [0.29, 0.717) is 16.4 Å². The van der Waals surface area contributed by atoms with E-state index >= 15 is 0 Å². The van der Waals surface area contributed by atoms with Crippen LogP contribution in [0.25, 0.3) is 0 Å². The van der Waals surface area contributed by atoms with Gasteiger partial charge in [0, 0.05) is 44.3 Å². The number of hydrogen-bond donors (Lipinski definition) is 2. The predicted octanol–water partition coefficient (Wildman–Crippen LogP) is 1.79. The fourth-order valence-corrected chi connectivity index (χ4v) is 4.03. The van der Waals surface area contributed by atoms with E-state index in [2.05, 4.69) is 20.2 Å². The SMILES string of the molecule is O=C(Nc1nc(CN2CCOCC2)cs1)c1c[nH]c(C(=O)N2CCCC2)c1. The summed E-state index contributed by atoms with van der Waals surface area (Å²) in [6, 6.07) is 1.61. The lowest BCUT2D eigenvalue weighted by atomic mass is 10.3. The highest BCUT2D eigenvalue weighted by Gasteiger charge is 2.22. The van der Waals surface area contributed by atoms with E-state index in [0.717, 1.165) is 64.5 Å². The van der Waals surface area contributed by atoms with Crippen molar-refractivity contribution in [1.82, 2.24) is 19.8 Å². The predicted molar refractivity (Wildman–Crippen MR) is 102 cm³/mol. The number of carbonyl (C=O) groups excluding carboxylic acids is 2. The number of nitrogens with zero attached hydrogens (tertiary/aromatic N) is 3. The molecule has 0 aliphatic carbocycles. The summed E-state index contributed by atoms with van der Waals surface area (Å²) >= 11 is 1.41. The summed E-state index contributed by atoms with van der Waals surface area (Å²) < 4.78 is 5.35. The normalized spacial score (nSPS) is 18.0. The molecule has 4 rings (SSSR count). The van der Waals surface area contributed by atoms with Crippen molar-refractivity contribution in [2.75, 3.05) is 44.7 Å². The van der Waals surface area contributed by atoms with Crippen molar-refractivity contribution in [2.24, 2.45) is 0 Å². The average molecular weight is 389 g/mol. The van der Waals surface area contributed by atoms with Crippen LogP contribution < -0.4 is 5.32 Å². The molecule has 0 spiro atoms. The topological polar surface area (TPSA) is 90.6 Å². The summed E-state index contributed by atoms with van der Waals surface area (Å²) in [5, 5.41) is 5.35. The monoisotopic (exact) mass is 389 g/mol. The van der Waals surface area contributed by atoms with Crippen molar-refractivity contribution >= 4 is 28.3 Å². The van der Waals surface area contributed by atoms with Gasteiger partial charge >= 0.3 is 0 Å². The van der Waals surface area contributed by atoms with Crippen LogP contribution in [0.4, 0.5) is 5.13 Å². The molecule has 0 unspecified atom stereocenters. The smallest absolute Gasteiger partial charge is 0.270 e. The Balaban J connectivity index is 1.34. The van der Waals surface area contributed by atoms with Gasteiger partial charge in [0.1, 0.15) is 5.69 Å². The molecule has 2 saturated heterocycles. The molecule has 8 nitrogen and oxygen atoms in total. The third-order valence-electron chi connectivity index (χ3n) is 4.83. The number of likely N-dealkylation sites (tertiary alicyclic amines) is 1. The van der Waals surface area contributed by atoms with Crippen LogP contribution >= 0.6 is 11.3 Å². The molecule has 2 N–H and O–H groups in total. The highest BCUT2D eigenvalue weighted by molar-refractivity contribution is 7.13. The zero-order valence-corrected chi connectivity index (χ0v) is 15.9. The van der Waals surface area contributed by atoms with Crippen LogP contribution in [-0.2, 0) is 11.3 Å². The van der Waals surface area contributed by atoms with Crippen molar-refractivity contribution < 1.29 is 14.3 Å². The first kappa shape index (κ1) is 18.1. The lowest BCUT2D eigenvalue weighted by molar-refractivity contribution is 0.0337. The van der Waals surface area contributed by atoms with Gasteiger partial charge in [-0.1, -0.05) is 0 Å². The number of anilines is 1. The van der Waals surface area contributed by atoms with E-state index in [-0.39, 0.29) is 11.8 Å². The molecule has 2 aliphatic rings. The number of rotatable bonds is 5. The first-order valence-corrected chi connectivity index (χ1v) is 10.1. The molecule has 2 amide bonds. The Morgan fingerprint density at radius 3 is 2.78 bits per heavy atom. The largest absolute Gasteiger partial charge is 0.379 e. The fraction of sp³-hybridized carbons (Fsp3) is 0.500. The summed E-state index contributed by atoms with van der Waals surface area (Å²) in [5.41, 5.74) is 1.83. The Hall–Kier alpha value is -2.23. The molecule has 4 heterocycles. The Labute approximate surface area is 161 Å². The lowest BCUT2D eigenvalue weighted by Gasteiger charge is -2.25. The van der Waals surface area contributed by atoms with Gasteiger partial charge in [-0.3, -0.25) is 19.8 Å². The first-order valence-electron chi connectivity index (χ1n) is 9.22. The molecular formula is C18H23N5O3S. The fourth-order valence-electron chi connectivity index (χ4n) is 3.33. The average Bonchev–Trinajstić information content (AvgIpc) is 3.44. The number of thiazole rings is 1. The molecule has 27 heavy (non-hydrogen) atoms. The number of H-pyrrole nitrogens is 1. The second-order valence-corrected chi connectivity index (χ2v) is 7.65. The number of amides is 2. The number of aromatic amines is 1. The maximum atomic E-state index is 12.5. The van der Waals surface area contributed by atoms with Crippen molar-refractivity contribution in [3.63, 3.8) is 0 Å². The summed E-state index contributed by atoms with van der Waals surface area (Å²) in [5.74, 6) is -0.312. The lowest BCUT2D eigenvalue weighted by Crippen LogP contribution is -2.35. The molecule has 0 saturated carbocycles. The molecule has 0 bridgehead atoms. The first-order chi connectivity index (χ1) is 13.2. The van der Waals surface area contributed by atoms with Gasteiger partial charge in [-0.25, -0.2) is 4.98 Å². The molecule has 2 aromatic heterocycles. The Kier molecular flexibility index (Phi) is 5.51. The van der Waals surface area contributed by atoms with Crippen LogP contribution in [0.1, 0.15) is 39.4 Å². The minimum absolute atomic E-state index is 0.0476. The molecule has 2 aromatic rings.